The lowest BCUT2D eigenvalue weighted by Crippen LogP contribution is -2.25. The molecule has 1 rings (SSSR count). The minimum absolute atomic E-state index is 0. The van der Waals surface area contributed by atoms with Crippen LogP contribution in [0.25, 0.3) is 0 Å². The Hall–Kier alpha value is -0.570. The first-order valence-electron chi connectivity index (χ1n) is 4.95. The number of hydrogen-bond acceptors (Lipinski definition) is 2. The van der Waals surface area contributed by atoms with E-state index in [-0.39, 0.29) is 18.4 Å². The Kier molecular flexibility index (Phi) is 5.29. The van der Waals surface area contributed by atoms with Gasteiger partial charge < -0.3 is 10.8 Å². The zero-order valence-electron chi connectivity index (χ0n) is 9.74. The average molecular weight is 230 g/mol. The van der Waals surface area contributed by atoms with E-state index in [4.69, 9.17) is 5.73 Å². The van der Waals surface area contributed by atoms with Crippen LogP contribution in [0.5, 0.6) is 0 Å². The molecule has 1 aromatic rings. The van der Waals surface area contributed by atoms with Crippen molar-refractivity contribution in [2.75, 3.05) is 0 Å². The number of benzene rings is 1. The molecule has 0 fully saturated rings. The van der Waals surface area contributed by atoms with Crippen molar-refractivity contribution in [1.82, 2.24) is 0 Å². The second-order valence-corrected chi connectivity index (χ2v) is 4.08. The molecule has 0 aromatic heterocycles. The predicted octanol–water partition coefficient (Wildman–Crippen LogP) is 2.41. The van der Waals surface area contributed by atoms with Crippen molar-refractivity contribution in [1.29, 1.82) is 0 Å². The van der Waals surface area contributed by atoms with Crippen LogP contribution in [0, 0.1) is 20.8 Å². The first-order chi connectivity index (χ1) is 6.43. The number of rotatable bonds is 2. The highest BCUT2D eigenvalue weighted by molar-refractivity contribution is 5.85. The fourth-order valence-electron chi connectivity index (χ4n) is 1.96. The molecule has 0 amide bonds. The van der Waals surface area contributed by atoms with Crippen molar-refractivity contribution in [3.05, 3.63) is 34.4 Å². The van der Waals surface area contributed by atoms with Gasteiger partial charge in [-0.15, -0.1) is 12.4 Å². The summed E-state index contributed by atoms with van der Waals surface area (Å²) in [6.07, 6.45) is -0.505. The summed E-state index contributed by atoms with van der Waals surface area (Å²) < 4.78 is 0. The van der Waals surface area contributed by atoms with E-state index in [2.05, 4.69) is 19.1 Å². The average Bonchev–Trinajstić information content (AvgIpc) is 2.01. The molecule has 2 atom stereocenters. The molecule has 0 bridgehead atoms. The van der Waals surface area contributed by atoms with Crippen molar-refractivity contribution >= 4 is 12.4 Å². The second-order valence-electron chi connectivity index (χ2n) is 4.08. The van der Waals surface area contributed by atoms with Gasteiger partial charge in [0.25, 0.3) is 0 Å². The number of hydrogen-bond donors (Lipinski definition) is 2. The van der Waals surface area contributed by atoms with Gasteiger partial charge in [0.15, 0.2) is 0 Å². The maximum absolute atomic E-state index is 9.47. The number of nitrogens with two attached hydrogens (primary N) is 1. The molecule has 86 valence electrons. The molecule has 0 saturated heterocycles. The minimum Gasteiger partial charge on any atom is -0.391 e. The van der Waals surface area contributed by atoms with E-state index in [0.717, 1.165) is 16.7 Å². The summed E-state index contributed by atoms with van der Waals surface area (Å²) >= 11 is 0. The third-order valence-corrected chi connectivity index (χ3v) is 2.59. The molecule has 0 aliphatic heterocycles. The molecule has 0 radical (unpaired) electrons. The molecule has 0 aliphatic carbocycles. The maximum atomic E-state index is 9.47. The fourth-order valence-corrected chi connectivity index (χ4v) is 1.96. The Labute approximate surface area is 97.9 Å². The van der Waals surface area contributed by atoms with Crippen molar-refractivity contribution in [3.8, 4) is 0 Å². The van der Waals surface area contributed by atoms with Gasteiger partial charge in [0.2, 0.25) is 0 Å². The topological polar surface area (TPSA) is 46.2 Å². The van der Waals surface area contributed by atoms with E-state index in [9.17, 15) is 5.11 Å². The van der Waals surface area contributed by atoms with Gasteiger partial charge in [-0.05, 0) is 44.4 Å². The highest BCUT2D eigenvalue weighted by Gasteiger charge is 2.16. The molecular formula is C12H20ClNO. The SMILES string of the molecule is Cc1cc(C)c([C@H](N)[C@@H](C)O)c(C)c1.Cl. The fraction of sp³-hybridized carbons (Fsp3) is 0.500. The lowest BCUT2D eigenvalue weighted by atomic mass is 9.92. The molecule has 0 spiro atoms. The molecule has 3 heteroatoms. The van der Waals surface area contributed by atoms with E-state index in [1.165, 1.54) is 5.56 Å². The number of aryl methyl sites for hydroxylation is 3. The molecule has 0 unspecified atom stereocenters. The zero-order valence-corrected chi connectivity index (χ0v) is 10.6. The highest BCUT2D eigenvalue weighted by Crippen LogP contribution is 2.23. The monoisotopic (exact) mass is 229 g/mol. The molecule has 2 nitrogen and oxygen atoms in total. The number of aliphatic hydroxyl groups excluding tert-OH is 1. The summed E-state index contributed by atoms with van der Waals surface area (Å²) in [5, 5.41) is 9.47. The van der Waals surface area contributed by atoms with Crippen LogP contribution < -0.4 is 5.73 Å². The van der Waals surface area contributed by atoms with Crippen LogP contribution in [0.1, 0.15) is 35.2 Å². The van der Waals surface area contributed by atoms with Crippen LogP contribution in [0.4, 0.5) is 0 Å². The summed E-state index contributed by atoms with van der Waals surface area (Å²) in [5.74, 6) is 0. The van der Waals surface area contributed by atoms with E-state index in [1.54, 1.807) is 6.92 Å². The van der Waals surface area contributed by atoms with E-state index in [1.807, 2.05) is 13.8 Å². The molecule has 0 saturated carbocycles. The Morgan fingerprint density at radius 3 is 1.87 bits per heavy atom. The van der Waals surface area contributed by atoms with Gasteiger partial charge in [-0.3, -0.25) is 0 Å². The van der Waals surface area contributed by atoms with E-state index < -0.39 is 6.10 Å². The van der Waals surface area contributed by atoms with Crippen molar-refractivity contribution < 1.29 is 5.11 Å². The van der Waals surface area contributed by atoms with Gasteiger partial charge in [0.1, 0.15) is 0 Å². The summed E-state index contributed by atoms with van der Waals surface area (Å²) in [6.45, 7) is 7.87. The van der Waals surface area contributed by atoms with E-state index >= 15 is 0 Å². The van der Waals surface area contributed by atoms with Crippen LogP contribution in [-0.2, 0) is 0 Å². The van der Waals surface area contributed by atoms with Gasteiger partial charge in [-0.1, -0.05) is 17.7 Å². The van der Waals surface area contributed by atoms with Gasteiger partial charge in [-0.25, -0.2) is 0 Å². The summed E-state index contributed by atoms with van der Waals surface area (Å²) in [7, 11) is 0. The largest absolute Gasteiger partial charge is 0.391 e. The third-order valence-electron chi connectivity index (χ3n) is 2.59. The Bertz CT molecular complexity index is 313. The normalized spacial score (nSPS) is 14.3. The first-order valence-corrected chi connectivity index (χ1v) is 4.95. The van der Waals surface area contributed by atoms with Gasteiger partial charge in [0, 0.05) is 0 Å². The van der Waals surface area contributed by atoms with Crippen LogP contribution in [0.15, 0.2) is 12.1 Å². The molecule has 15 heavy (non-hydrogen) atoms. The Morgan fingerprint density at radius 2 is 1.53 bits per heavy atom. The van der Waals surface area contributed by atoms with Crippen LogP contribution in [0.3, 0.4) is 0 Å². The summed E-state index contributed by atoms with van der Waals surface area (Å²) in [5.41, 5.74) is 10.6. The highest BCUT2D eigenvalue weighted by atomic mass is 35.5. The van der Waals surface area contributed by atoms with Gasteiger partial charge in [-0.2, -0.15) is 0 Å². The summed E-state index contributed by atoms with van der Waals surface area (Å²) in [6, 6.07) is 3.92. The third kappa shape index (κ3) is 3.20. The lowest BCUT2D eigenvalue weighted by Gasteiger charge is -2.20. The smallest absolute Gasteiger partial charge is 0.0704 e. The molecule has 0 aliphatic rings. The van der Waals surface area contributed by atoms with Crippen LogP contribution >= 0.6 is 12.4 Å². The van der Waals surface area contributed by atoms with Gasteiger partial charge in [0.05, 0.1) is 12.1 Å². The molecule has 1 aromatic carbocycles. The standard InChI is InChI=1S/C12H19NO.ClH/c1-7-5-8(2)11(9(3)6-7)12(13)10(4)14;/h5-6,10,12,14H,13H2,1-4H3;1H/t10-,12-;/m1./s1. The lowest BCUT2D eigenvalue weighted by molar-refractivity contribution is 0.163. The molecule has 3 N–H and O–H groups in total. The van der Waals surface area contributed by atoms with E-state index in [0.29, 0.717) is 0 Å². The van der Waals surface area contributed by atoms with Gasteiger partial charge >= 0.3 is 0 Å². The molecular weight excluding hydrogens is 210 g/mol. The number of halogens is 1. The number of aliphatic hydroxyl groups is 1. The Balaban J connectivity index is 0.00000196. The van der Waals surface area contributed by atoms with Crippen molar-refractivity contribution in [2.45, 2.75) is 39.8 Å². The van der Waals surface area contributed by atoms with Crippen molar-refractivity contribution in [2.24, 2.45) is 5.73 Å². The predicted molar refractivity (Wildman–Crippen MR) is 66.5 cm³/mol. The minimum atomic E-state index is -0.505. The van der Waals surface area contributed by atoms with Crippen LogP contribution in [-0.4, -0.2) is 11.2 Å². The first kappa shape index (κ1) is 14.4. The Morgan fingerprint density at radius 1 is 1.13 bits per heavy atom. The molecule has 0 heterocycles. The van der Waals surface area contributed by atoms with Crippen molar-refractivity contribution in [3.63, 3.8) is 0 Å². The quantitative estimate of drug-likeness (QED) is 0.818. The maximum Gasteiger partial charge on any atom is 0.0704 e. The summed E-state index contributed by atoms with van der Waals surface area (Å²) in [4.78, 5) is 0. The zero-order chi connectivity index (χ0) is 10.9. The van der Waals surface area contributed by atoms with Crippen LogP contribution in [0.2, 0.25) is 0 Å². The second kappa shape index (κ2) is 5.50.